The van der Waals surface area contributed by atoms with Crippen molar-refractivity contribution in [2.75, 3.05) is 0 Å². The van der Waals surface area contributed by atoms with Gasteiger partial charge in [0.1, 0.15) is 0 Å². The molecule has 0 aliphatic rings. The van der Waals surface area contributed by atoms with Gasteiger partial charge in [0, 0.05) is 38.6 Å². The molecular weight excluding hydrogens is 434 g/mol. The molecule has 8 aromatic rings. The number of fused-ring (bicyclic) bond motifs is 12. The van der Waals surface area contributed by atoms with Crippen molar-refractivity contribution in [1.29, 1.82) is 0 Å². The van der Waals surface area contributed by atoms with Crippen LogP contribution in [0.4, 0.5) is 0 Å². The first-order valence-electron chi connectivity index (χ1n) is 11.4. The number of thiophene rings is 1. The topological polar surface area (TPSA) is 30.7 Å². The van der Waals surface area contributed by atoms with Gasteiger partial charge in [-0.3, -0.25) is 4.57 Å². The van der Waals surface area contributed by atoms with Crippen molar-refractivity contribution in [1.82, 2.24) is 14.5 Å². The first kappa shape index (κ1) is 18.2. The molecule has 0 radical (unpaired) electrons. The van der Waals surface area contributed by atoms with Crippen molar-refractivity contribution >= 4 is 74.9 Å². The summed E-state index contributed by atoms with van der Waals surface area (Å²) in [6.07, 6.45) is 3.64. The third kappa shape index (κ3) is 2.25. The van der Waals surface area contributed by atoms with Gasteiger partial charge in [-0.05, 0) is 39.7 Å². The first-order valence-corrected chi connectivity index (χ1v) is 12.2. The minimum atomic E-state index is 0.701. The summed E-state index contributed by atoms with van der Waals surface area (Å²) in [7, 11) is 0. The second-order valence-corrected chi connectivity index (χ2v) is 9.69. The van der Waals surface area contributed by atoms with Crippen LogP contribution in [0.3, 0.4) is 0 Å². The van der Waals surface area contributed by atoms with Crippen LogP contribution in [0.1, 0.15) is 0 Å². The molecule has 0 aliphatic carbocycles. The lowest BCUT2D eigenvalue weighted by molar-refractivity contribution is 0.991. The SMILES string of the molecule is c1cnc(-n2c3ccccc3c3c4ccccc4c4c(sc5ccc6ccccc6c54)c32)nc1. The zero-order valence-electron chi connectivity index (χ0n) is 18.1. The van der Waals surface area contributed by atoms with Gasteiger partial charge >= 0.3 is 0 Å². The van der Waals surface area contributed by atoms with E-state index in [1.807, 2.05) is 29.8 Å². The van der Waals surface area contributed by atoms with Crippen molar-refractivity contribution in [3.05, 3.63) is 103 Å². The molecule has 3 aromatic heterocycles. The van der Waals surface area contributed by atoms with Crippen LogP contribution in [0.2, 0.25) is 0 Å². The van der Waals surface area contributed by atoms with Crippen LogP contribution in [-0.2, 0) is 0 Å². The highest BCUT2D eigenvalue weighted by molar-refractivity contribution is 7.27. The van der Waals surface area contributed by atoms with E-state index in [4.69, 9.17) is 0 Å². The molecule has 0 fully saturated rings. The largest absolute Gasteiger partial charge is 0.276 e. The quantitative estimate of drug-likeness (QED) is 0.251. The highest BCUT2D eigenvalue weighted by atomic mass is 32.1. The number of hydrogen-bond acceptors (Lipinski definition) is 3. The Hall–Kier alpha value is -4.28. The third-order valence-corrected chi connectivity index (χ3v) is 8.05. The van der Waals surface area contributed by atoms with Crippen LogP contribution in [-0.4, -0.2) is 14.5 Å². The molecule has 8 rings (SSSR count). The van der Waals surface area contributed by atoms with Crippen LogP contribution in [0.5, 0.6) is 0 Å². The molecule has 0 saturated heterocycles. The van der Waals surface area contributed by atoms with E-state index in [1.54, 1.807) is 0 Å². The molecular formula is C30H17N3S. The summed E-state index contributed by atoms with van der Waals surface area (Å²) in [5, 5.41) is 10.3. The summed E-state index contributed by atoms with van der Waals surface area (Å²) in [6.45, 7) is 0. The van der Waals surface area contributed by atoms with Crippen LogP contribution >= 0.6 is 11.3 Å². The molecule has 34 heavy (non-hydrogen) atoms. The molecule has 0 aliphatic heterocycles. The van der Waals surface area contributed by atoms with Gasteiger partial charge in [0.25, 0.3) is 0 Å². The maximum atomic E-state index is 4.67. The van der Waals surface area contributed by atoms with Crippen molar-refractivity contribution < 1.29 is 0 Å². The number of hydrogen-bond donors (Lipinski definition) is 0. The Labute approximate surface area is 198 Å². The Kier molecular flexibility index (Phi) is 3.54. The van der Waals surface area contributed by atoms with E-state index in [1.165, 1.54) is 58.0 Å². The van der Waals surface area contributed by atoms with Gasteiger partial charge < -0.3 is 0 Å². The number of nitrogens with zero attached hydrogens (tertiary/aromatic N) is 3. The van der Waals surface area contributed by atoms with Gasteiger partial charge in [-0.1, -0.05) is 72.8 Å². The normalized spacial score (nSPS) is 12.1. The second kappa shape index (κ2) is 6.62. The summed E-state index contributed by atoms with van der Waals surface area (Å²) in [6, 6.07) is 32.5. The van der Waals surface area contributed by atoms with Gasteiger partial charge in [0.15, 0.2) is 0 Å². The summed E-state index contributed by atoms with van der Waals surface area (Å²) in [5.74, 6) is 0.701. The Morgan fingerprint density at radius 1 is 0.559 bits per heavy atom. The second-order valence-electron chi connectivity index (χ2n) is 8.64. The van der Waals surface area contributed by atoms with Gasteiger partial charge in [-0.25, -0.2) is 9.97 Å². The van der Waals surface area contributed by atoms with Crippen molar-refractivity contribution in [3.63, 3.8) is 0 Å². The smallest absolute Gasteiger partial charge is 0.234 e. The van der Waals surface area contributed by atoms with Crippen molar-refractivity contribution in [2.24, 2.45) is 0 Å². The van der Waals surface area contributed by atoms with Crippen molar-refractivity contribution in [3.8, 4) is 5.95 Å². The lowest BCUT2D eigenvalue weighted by Crippen LogP contribution is -1.99. The minimum Gasteiger partial charge on any atom is -0.276 e. The lowest BCUT2D eigenvalue weighted by Gasteiger charge is -2.09. The number of aromatic nitrogens is 3. The van der Waals surface area contributed by atoms with Gasteiger partial charge in [0.2, 0.25) is 5.95 Å². The highest BCUT2D eigenvalue weighted by Gasteiger charge is 2.22. The zero-order valence-corrected chi connectivity index (χ0v) is 18.9. The van der Waals surface area contributed by atoms with Gasteiger partial charge in [0.05, 0.1) is 15.7 Å². The maximum absolute atomic E-state index is 4.67. The minimum absolute atomic E-state index is 0.701. The van der Waals surface area contributed by atoms with Gasteiger partial charge in [-0.2, -0.15) is 0 Å². The third-order valence-electron chi connectivity index (χ3n) is 6.89. The fourth-order valence-corrected chi connectivity index (χ4v) is 6.83. The average Bonchev–Trinajstić information content (AvgIpc) is 3.46. The summed E-state index contributed by atoms with van der Waals surface area (Å²) >= 11 is 1.87. The standard InChI is InChI=1S/C30H17N3S/c1-2-9-19-18(8-1)14-15-24-26(19)27-21-11-4-3-10-20(21)25-22-12-5-6-13-23(22)33(28(25)29(27)34-24)30-31-16-7-17-32-30/h1-17H. The number of benzene rings is 5. The Balaban J connectivity index is 1.76. The van der Waals surface area contributed by atoms with E-state index in [0.717, 1.165) is 5.52 Å². The van der Waals surface area contributed by atoms with Crippen LogP contribution in [0, 0.1) is 0 Å². The van der Waals surface area contributed by atoms with E-state index in [0.29, 0.717) is 5.95 Å². The summed E-state index contributed by atoms with van der Waals surface area (Å²) in [5.41, 5.74) is 2.31. The van der Waals surface area contributed by atoms with Crippen LogP contribution in [0.15, 0.2) is 103 Å². The van der Waals surface area contributed by atoms with Crippen LogP contribution < -0.4 is 0 Å². The molecule has 4 heteroatoms. The highest BCUT2D eigenvalue weighted by Crippen LogP contribution is 2.48. The number of rotatable bonds is 1. The fraction of sp³-hybridized carbons (Fsp3) is 0. The first-order chi connectivity index (χ1) is 16.9. The van der Waals surface area contributed by atoms with E-state index < -0.39 is 0 Å². The Morgan fingerprint density at radius 2 is 1.24 bits per heavy atom. The van der Waals surface area contributed by atoms with E-state index in [-0.39, 0.29) is 0 Å². The van der Waals surface area contributed by atoms with E-state index in [2.05, 4.69) is 99.5 Å². The predicted octanol–water partition coefficient (Wildman–Crippen LogP) is 8.25. The molecule has 5 aromatic carbocycles. The van der Waals surface area contributed by atoms with Crippen molar-refractivity contribution in [2.45, 2.75) is 0 Å². The summed E-state index contributed by atoms with van der Waals surface area (Å²) < 4.78 is 4.83. The molecule has 0 unspecified atom stereocenters. The molecule has 3 heterocycles. The molecule has 0 atom stereocenters. The molecule has 158 valence electrons. The molecule has 0 spiro atoms. The fourth-order valence-electron chi connectivity index (χ4n) is 5.55. The van der Waals surface area contributed by atoms with E-state index in [9.17, 15) is 0 Å². The maximum Gasteiger partial charge on any atom is 0.234 e. The summed E-state index contributed by atoms with van der Waals surface area (Å²) in [4.78, 5) is 9.34. The molecule has 0 N–H and O–H groups in total. The molecule has 0 amide bonds. The molecule has 0 saturated carbocycles. The van der Waals surface area contributed by atoms with Gasteiger partial charge in [-0.15, -0.1) is 11.3 Å². The van der Waals surface area contributed by atoms with E-state index >= 15 is 0 Å². The Bertz CT molecular complexity index is 2070. The predicted molar refractivity (Wildman–Crippen MR) is 144 cm³/mol. The zero-order chi connectivity index (χ0) is 22.2. The molecule has 3 nitrogen and oxygen atoms in total. The number of para-hydroxylation sites is 1. The average molecular weight is 452 g/mol. The Morgan fingerprint density at radius 3 is 2.06 bits per heavy atom. The van der Waals surface area contributed by atoms with Crippen LogP contribution in [0.25, 0.3) is 69.5 Å². The molecule has 0 bridgehead atoms. The lowest BCUT2D eigenvalue weighted by atomic mass is 9.97. The monoisotopic (exact) mass is 451 g/mol.